The van der Waals surface area contributed by atoms with Gasteiger partial charge in [0.15, 0.2) is 5.82 Å². The fraction of sp³-hybridized carbons (Fsp3) is 0.214. The number of nitrogen functional groups attached to an aromatic ring is 1. The third kappa shape index (κ3) is 3.67. The molecule has 0 radical (unpaired) electrons. The lowest BCUT2D eigenvalue weighted by Crippen LogP contribution is -2.03. The van der Waals surface area contributed by atoms with Crippen LogP contribution in [0.15, 0.2) is 30.3 Å². The molecule has 0 atom stereocenters. The molecule has 0 bridgehead atoms. The van der Waals surface area contributed by atoms with E-state index < -0.39 is 0 Å². The average Bonchev–Trinajstić information content (AvgIpc) is 2.45. The maximum Gasteiger partial charge on any atom is 0.224 e. The zero-order valence-electron chi connectivity index (χ0n) is 11.0. The van der Waals surface area contributed by atoms with Crippen molar-refractivity contribution >= 4 is 5.82 Å². The first-order valence-corrected chi connectivity index (χ1v) is 6.10. The van der Waals surface area contributed by atoms with Gasteiger partial charge in [0.2, 0.25) is 5.88 Å². The quantitative estimate of drug-likeness (QED) is 0.895. The Labute approximate surface area is 116 Å². The molecule has 1 heterocycles. The summed E-state index contributed by atoms with van der Waals surface area (Å²) in [6.07, 6.45) is 0. The summed E-state index contributed by atoms with van der Waals surface area (Å²) in [6.45, 7) is 2.75. The molecule has 1 aromatic heterocycles. The van der Waals surface area contributed by atoms with Crippen LogP contribution in [0.4, 0.5) is 5.82 Å². The molecule has 2 rings (SSSR count). The second-order valence-electron chi connectivity index (χ2n) is 3.92. The Morgan fingerprint density at radius 2 is 2.00 bits per heavy atom. The molecule has 6 nitrogen and oxygen atoms in total. The maximum absolute atomic E-state index is 8.73. The second kappa shape index (κ2) is 6.50. The van der Waals surface area contributed by atoms with Crippen LogP contribution in [0, 0.1) is 11.3 Å². The molecule has 0 aliphatic rings. The van der Waals surface area contributed by atoms with Gasteiger partial charge in [0.05, 0.1) is 11.6 Å². The molecule has 0 saturated heterocycles. The molecular weight excluding hydrogens is 256 g/mol. The highest BCUT2D eigenvalue weighted by Gasteiger charge is 2.05. The van der Waals surface area contributed by atoms with Gasteiger partial charge in [-0.15, -0.1) is 0 Å². The van der Waals surface area contributed by atoms with Crippen LogP contribution < -0.4 is 10.5 Å². The van der Waals surface area contributed by atoms with Crippen LogP contribution in [-0.4, -0.2) is 16.6 Å². The topological polar surface area (TPSA) is 94.0 Å². The third-order valence-electron chi connectivity index (χ3n) is 2.41. The van der Waals surface area contributed by atoms with Crippen LogP contribution in [0.5, 0.6) is 11.6 Å². The summed E-state index contributed by atoms with van der Waals surface area (Å²) in [7, 11) is 0. The van der Waals surface area contributed by atoms with Gasteiger partial charge in [-0.1, -0.05) is 0 Å². The summed E-state index contributed by atoms with van der Waals surface area (Å²) in [5.74, 6) is 1.70. The highest BCUT2D eigenvalue weighted by molar-refractivity contribution is 5.38. The summed E-state index contributed by atoms with van der Waals surface area (Å²) >= 11 is 0. The normalized spacial score (nSPS) is 10.0. The molecule has 2 N–H and O–H groups in total. The summed E-state index contributed by atoms with van der Waals surface area (Å²) in [5, 5.41) is 8.73. The number of nitrogens with zero attached hydrogens (tertiary/aromatic N) is 3. The first-order valence-electron chi connectivity index (χ1n) is 6.10. The van der Waals surface area contributed by atoms with Gasteiger partial charge < -0.3 is 15.2 Å². The number of aromatic nitrogens is 2. The van der Waals surface area contributed by atoms with Gasteiger partial charge in [0, 0.05) is 12.7 Å². The van der Waals surface area contributed by atoms with Gasteiger partial charge in [-0.05, 0) is 31.2 Å². The zero-order valence-corrected chi connectivity index (χ0v) is 11.0. The standard InChI is InChI=1S/C14H14N4O2/c1-2-19-9-13-17-12(16)7-14(18-13)20-11-5-3-10(8-15)4-6-11/h3-7H,2,9H2,1H3,(H2,16,17,18). The van der Waals surface area contributed by atoms with E-state index in [1.807, 2.05) is 13.0 Å². The highest BCUT2D eigenvalue weighted by atomic mass is 16.5. The fourth-order valence-corrected chi connectivity index (χ4v) is 1.52. The Bertz CT molecular complexity index is 620. The van der Waals surface area contributed by atoms with Crippen LogP contribution in [0.2, 0.25) is 0 Å². The molecule has 0 fully saturated rings. The van der Waals surface area contributed by atoms with E-state index in [1.54, 1.807) is 24.3 Å². The van der Waals surface area contributed by atoms with E-state index in [2.05, 4.69) is 9.97 Å². The van der Waals surface area contributed by atoms with E-state index in [0.717, 1.165) is 0 Å². The molecule has 0 unspecified atom stereocenters. The fourth-order valence-electron chi connectivity index (χ4n) is 1.52. The number of benzene rings is 1. The molecule has 0 amide bonds. The summed E-state index contributed by atoms with van der Waals surface area (Å²) in [5.41, 5.74) is 6.27. The van der Waals surface area contributed by atoms with Crippen molar-refractivity contribution in [1.82, 2.24) is 9.97 Å². The Kier molecular flexibility index (Phi) is 4.47. The predicted molar refractivity (Wildman–Crippen MR) is 73.0 cm³/mol. The van der Waals surface area contributed by atoms with E-state index in [4.69, 9.17) is 20.5 Å². The minimum absolute atomic E-state index is 0.283. The Balaban J connectivity index is 2.15. The van der Waals surface area contributed by atoms with Crippen LogP contribution >= 0.6 is 0 Å². The zero-order chi connectivity index (χ0) is 14.4. The predicted octanol–water partition coefficient (Wildman–Crippen LogP) is 2.26. The van der Waals surface area contributed by atoms with Crippen molar-refractivity contribution in [3.8, 4) is 17.7 Å². The number of nitrogens with two attached hydrogens (primary N) is 1. The van der Waals surface area contributed by atoms with Gasteiger partial charge in [-0.3, -0.25) is 0 Å². The van der Waals surface area contributed by atoms with Gasteiger partial charge >= 0.3 is 0 Å². The molecular formula is C14H14N4O2. The van der Waals surface area contributed by atoms with Crippen molar-refractivity contribution in [2.75, 3.05) is 12.3 Å². The molecule has 0 aliphatic carbocycles. The number of ether oxygens (including phenoxy) is 2. The Hall–Kier alpha value is -2.65. The van der Waals surface area contributed by atoms with Gasteiger partial charge in [-0.25, -0.2) is 4.98 Å². The van der Waals surface area contributed by atoms with E-state index in [-0.39, 0.29) is 6.61 Å². The van der Waals surface area contributed by atoms with Gasteiger partial charge in [0.1, 0.15) is 18.2 Å². The summed E-state index contributed by atoms with van der Waals surface area (Å²) in [6, 6.07) is 10.3. The molecule has 102 valence electrons. The molecule has 0 aliphatic heterocycles. The van der Waals surface area contributed by atoms with Crippen molar-refractivity contribution in [3.05, 3.63) is 41.7 Å². The van der Waals surface area contributed by atoms with Gasteiger partial charge in [-0.2, -0.15) is 10.2 Å². The number of hydrogen-bond donors (Lipinski definition) is 1. The van der Waals surface area contributed by atoms with Crippen LogP contribution in [0.1, 0.15) is 18.3 Å². The molecule has 1 aromatic carbocycles. The lowest BCUT2D eigenvalue weighted by molar-refractivity contribution is 0.128. The number of anilines is 1. The SMILES string of the molecule is CCOCc1nc(N)cc(Oc2ccc(C#N)cc2)n1. The first kappa shape index (κ1) is 13.8. The lowest BCUT2D eigenvalue weighted by Gasteiger charge is -2.07. The lowest BCUT2D eigenvalue weighted by atomic mass is 10.2. The van der Waals surface area contributed by atoms with Crippen molar-refractivity contribution in [1.29, 1.82) is 5.26 Å². The monoisotopic (exact) mass is 270 g/mol. The largest absolute Gasteiger partial charge is 0.439 e. The molecule has 20 heavy (non-hydrogen) atoms. The van der Waals surface area contributed by atoms with Crippen LogP contribution in [0.25, 0.3) is 0 Å². The molecule has 6 heteroatoms. The van der Waals surface area contributed by atoms with E-state index in [9.17, 15) is 0 Å². The Morgan fingerprint density at radius 1 is 1.25 bits per heavy atom. The average molecular weight is 270 g/mol. The highest BCUT2D eigenvalue weighted by Crippen LogP contribution is 2.21. The van der Waals surface area contributed by atoms with Crippen molar-refractivity contribution in [3.63, 3.8) is 0 Å². The van der Waals surface area contributed by atoms with Crippen molar-refractivity contribution < 1.29 is 9.47 Å². The van der Waals surface area contributed by atoms with E-state index in [0.29, 0.717) is 35.4 Å². The minimum Gasteiger partial charge on any atom is -0.439 e. The van der Waals surface area contributed by atoms with Crippen molar-refractivity contribution in [2.45, 2.75) is 13.5 Å². The number of nitriles is 1. The van der Waals surface area contributed by atoms with E-state index in [1.165, 1.54) is 6.07 Å². The minimum atomic E-state index is 0.283. The smallest absolute Gasteiger partial charge is 0.224 e. The number of hydrogen-bond acceptors (Lipinski definition) is 6. The third-order valence-corrected chi connectivity index (χ3v) is 2.41. The van der Waals surface area contributed by atoms with Crippen LogP contribution in [0.3, 0.4) is 0 Å². The van der Waals surface area contributed by atoms with Crippen molar-refractivity contribution in [2.24, 2.45) is 0 Å². The Morgan fingerprint density at radius 3 is 2.65 bits per heavy atom. The van der Waals surface area contributed by atoms with Crippen LogP contribution in [-0.2, 0) is 11.3 Å². The maximum atomic E-state index is 8.73. The number of rotatable bonds is 5. The molecule has 0 saturated carbocycles. The van der Waals surface area contributed by atoms with Gasteiger partial charge in [0.25, 0.3) is 0 Å². The first-order chi connectivity index (χ1) is 9.71. The molecule has 2 aromatic rings. The molecule has 0 spiro atoms. The van der Waals surface area contributed by atoms with E-state index >= 15 is 0 Å². The second-order valence-corrected chi connectivity index (χ2v) is 3.92. The summed E-state index contributed by atoms with van der Waals surface area (Å²) < 4.78 is 10.8. The summed E-state index contributed by atoms with van der Waals surface area (Å²) in [4.78, 5) is 8.26.